The number of hydrogen-bond donors (Lipinski definition) is 11. The number of aliphatic carboxylic acids is 1. The molecule has 4 unspecified atom stereocenters. The van der Waals surface area contributed by atoms with Crippen LogP contribution in [0.15, 0.2) is 78.9 Å². The number of aromatic amines is 2. The molecule has 2 aromatic heterocycles. The van der Waals surface area contributed by atoms with Gasteiger partial charge in [0.15, 0.2) is 11.6 Å². The van der Waals surface area contributed by atoms with Crippen molar-refractivity contribution < 1.29 is 86.5 Å². The highest BCUT2D eigenvalue weighted by atomic mass is 16.6. The Morgan fingerprint density at radius 1 is 0.475 bits per heavy atom. The second kappa shape index (κ2) is 46.6. The van der Waals surface area contributed by atoms with Crippen LogP contribution in [0.25, 0.3) is 0 Å². The fourth-order valence-corrected chi connectivity index (χ4v) is 14.9. The number of fused-ring (bicyclic) bond motifs is 2. The number of aryl methyl sites for hydroxylation is 2. The number of likely N-dealkylation sites (tertiary alicyclic amines) is 2. The highest BCUT2D eigenvalue weighted by molar-refractivity contribution is 6.39. The van der Waals surface area contributed by atoms with Crippen LogP contribution < -0.4 is 42.5 Å². The van der Waals surface area contributed by atoms with Crippen LogP contribution in [-0.2, 0) is 111 Å². The third-order valence-electron chi connectivity index (χ3n) is 21.8. The third kappa shape index (κ3) is 27.7. The molecule has 11 N–H and O–H groups in total. The Morgan fingerprint density at radius 3 is 1.25 bits per heavy atom. The van der Waals surface area contributed by atoms with Gasteiger partial charge in [0.25, 0.3) is 11.8 Å². The minimum absolute atomic E-state index is 0.0341. The van der Waals surface area contributed by atoms with Gasteiger partial charge in [0, 0.05) is 64.7 Å². The van der Waals surface area contributed by atoms with Crippen molar-refractivity contribution in [3.05, 3.63) is 118 Å². The lowest BCUT2D eigenvalue weighted by molar-refractivity contribution is -0.145. The number of nitrogens with zero attached hydrogens (tertiary/aromatic N) is 10. The van der Waals surface area contributed by atoms with Gasteiger partial charge in [0.05, 0.1) is 31.2 Å². The number of unbranched alkanes of at least 4 members (excludes halogenated alkanes) is 2. The number of aromatic nitrogens is 8. The molecular weight excluding hydrogens is 1580 g/mol. The van der Waals surface area contributed by atoms with Crippen LogP contribution >= 0.6 is 0 Å². The first kappa shape index (κ1) is 95.3. The highest BCUT2D eigenvalue weighted by Crippen LogP contribution is 2.30. The number of carboxylic acid groups (broad SMARTS) is 1. The minimum atomic E-state index is -1.36. The number of H-pyrrole nitrogens is 2. The summed E-state index contributed by atoms with van der Waals surface area (Å²) < 4.78 is 11.9. The molecule has 662 valence electrons. The number of carbonyl (C=O) groups excluding carboxylic acids is 14. The van der Waals surface area contributed by atoms with E-state index in [2.05, 4.69) is 78.5 Å². The Labute approximate surface area is 708 Å². The van der Waals surface area contributed by atoms with E-state index < -0.39 is 162 Å². The summed E-state index contributed by atoms with van der Waals surface area (Å²) in [5, 5.41) is 57.6. The Balaban J connectivity index is 0.000000304. The van der Waals surface area contributed by atoms with Crippen LogP contribution in [0.5, 0.6) is 0 Å². The van der Waals surface area contributed by atoms with Crippen molar-refractivity contribution in [1.29, 1.82) is 0 Å². The number of rotatable bonds is 40. The molecule has 0 bridgehead atoms. The van der Waals surface area contributed by atoms with Crippen LogP contribution in [0.4, 0.5) is 9.59 Å². The Bertz CT molecular complexity index is 4410. The first-order chi connectivity index (χ1) is 58.2. The number of tetrazole rings is 2. The Morgan fingerprint density at radius 2 is 0.869 bits per heavy atom. The summed E-state index contributed by atoms with van der Waals surface area (Å²) in [5.74, 6) is -10.6. The maximum absolute atomic E-state index is 14.6. The molecule has 0 spiro atoms. The van der Waals surface area contributed by atoms with Crippen molar-refractivity contribution in [1.82, 2.24) is 103 Å². The summed E-state index contributed by atoms with van der Waals surface area (Å²) in [7, 11) is 0. The molecule has 4 aliphatic rings. The summed E-state index contributed by atoms with van der Waals surface area (Å²) in [4.78, 5) is 207. The zero-order chi connectivity index (χ0) is 88.9. The van der Waals surface area contributed by atoms with E-state index in [0.29, 0.717) is 102 Å². The highest BCUT2D eigenvalue weighted by Gasteiger charge is 2.49. The lowest BCUT2D eigenvalue weighted by atomic mass is 9.98. The van der Waals surface area contributed by atoms with Crippen LogP contribution in [0.1, 0.15) is 199 Å². The smallest absolute Gasteiger partial charge is 0.410 e. The topological polar surface area (TPSA) is 513 Å². The number of amides is 12. The molecular formula is C84H118N20O18. The maximum Gasteiger partial charge on any atom is 0.410 e. The number of nitrogens with one attached hydrogen (secondary N) is 10. The van der Waals surface area contributed by atoms with E-state index in [0.717, 1.165) is 27.8 Å². The van der Waals surface area contributed by atoms with E-state index >= 15 is 0 Å². The largest absolute Gasteiger partial charge is 0.480 e. The fourth-order valence-electron chi connectivity index (χ4n) is 14.9. The molecule has 38 nitrogen and oxygen atoms in total. The van der Waals surface area contributed by atoms with E-state index in [1.54, 1.807) is 79.0 Å². The summed E-state index contributed by atoms with van der Waals surface area (Å²) in [5.41, 5.74) is 5.04. The molecule has 9 rings (SSSR count). The Kier molecular flexibility index (Phi) is 36.4. The van der Waals surface area contributed by atoms with Crippen LogP contribution in [0, 0.1) is 23.7 Å². The second-order valence-electron chi connectivity index (χ2n) is 32.6. The number of hydrogen-bond acceptors (Lipinski definition) is 23. The zero-order valence-electron chi connectivity index (χ0n) is 71.3. The molecule has 38 heteroatoms. The minimum Gasteiger partial charge on any atom is -0.480 e. The van der Waals surface area contributed by atoms with Crippen molar-refractivity contribution in [3.8, 4) is 0 Å². The predicted octanol–water partition coefficient (Wildman–Crippen LogP) is 3.50. The molecule has 2 saturated heterocycles. The molecule has 3 aromatic carbocycles. The number of Topliss-reactive ketones (excluding diaryl/α,β-unsaturated/α-hetero) is 2. The first-order valence-electron chi connectivity index (χ1n) is 42.1. The van der Waals surface area contributed by atoms with E-state index in [1.807, 2.05) is 91.1 Å². The monoisotopic (exact) mass is 1690 g/mol. The average Bonchev–Trinajstić information content (AvgIpc) is 1.67. The fraction of sp³-hybridized carbons (Fsp3) is 0.583. The SMILES string of the molecule is CCCC(NC(=O)C1C[C@@H](OC(=O)N2CCc3ccccc3C2)CN1C(=O)[C@@H](NC(=O)[C@H](NC(=O)CCCCc1nn[nH]n1)C(C)C)C(C)C)C(=O)C(=O)NCC(=O)O.CCCC(NC(=O)C1C[C@@H](OC(=O)N2CCc3ccccc3C2)CN1C(=O)[C@@H](NC(=O)[C@H](NC(=O)CCCCc1nn[nH]n1)C(C)C)C(C)C)C(=O)C(=O)N[C@@H](C)c1ccccc1. The van der Waals surface area contributed by atoms with Crippen molar-refractivity contribution in [3.63, 3.8) is 0 Å². The normalized spacial score (nSPS) is 17.8. The van der Waals surface area contributed by atoms with Crippen molar-refractivity contribution >= 4 is 88.8 Å². The van der Waals surface area contributed by atoms with Gasteiger partial charge in [-0.15, -0.1) is 20.4 Å². The van der Waals surface area contributed by atoms with Gasteiger partial charge < -0.3 is 76.7 Å². The molecule has 0 aliphatic carbocycles. The number of ether oxygens (including phenoxy) is 2. The van der Waals surface area contributed by atoms with Gasteiger partial charge in [-0.05, 0) is 110 Å². The molecule has 11 atom stereocenters. The van der Waals surface area contributed by atoms with Gasteiger partial charge in [-0.3, -0.25) is 62.3 Å². The van der Waals surface area contributed by atoms with Gasteiger partial charge in [0.1, 0.15) is 55.0 Å². The van der Waals surface area contributed by atoms with Gasteiger partial charge >= 0.3 is 18.2 Å². The maximum atomic E-state index is 14.6. The average molecular weight is 1700 g/mol. The molecule has 5 aromatic rings. The molecule has 12 amide bonds. The lowest BCUT2D eigenvalue weighted by Crippen LogP contribution is -2.59. The zero-order valence-corrected chi connectivity index (χ0v) is 71.3. The summed E-state index contributed by atoms with van der Waals surface area (Å²) >= 11 is 0. The van der Waals surface area contributed by atoms with E-state index in [1.165, 1.54) is 9.80 Å². The number of benzene rings is 3. The molecule has 6 heterocycles. The van der Waals surface area contributed by atoms with Gasteiger partial charge in [-0.1, -0.05) is 171 Å². The van der Waals surface area contributed by atoms with Crippen molar-refractivity contribution in [2.75, 3.05) is 32.7 Å². The second-order valence-corrected chi connectivity index (χ2v) is 32.6. The van der Waals surface area contributed by atoms with E-state index in [9.17, 15) is 71.9 Å². The molecule has 0 saturated carbocycles. The molecule has 122 heavy (non-hydrogen) atoms. The molecule has 0 radical (unpaired) electrons. The van der Waals surface area contributed by atoms with Crippen LogP contribution in [-0.4, -0.2) is 248 Å². The summed E-state index contributed by atoms with van der Waals surface area (Å²) in [6, 6.07) is 14.9. The quantitative estimate of drug-likeness (QED) is 0.0197. The predicted molar refractivity (Wildman–Crippen MR) is 440 cm³/mol. The summed E-state index contributed by atoms with van der Waals surface area (Å²) in [6.07, 6.45) is 2.59. The number of ketones is 2. The van der Waals surface area contributed by atoms with Crippen LogP contribution in [0.3, 0.4) is 0 Å². The first-order valence-corrected chi connectivity index (χ1v) is 42.1. The van der Waals surface area contributed by atoms with Gasteiger partial charge in [0.2, 0.25) is 58.8 Å². The third-order valence-corrected chi connectivity index (χ3v) is 21.8. The number of carboxylic acids is 1. The van der Waals surface area contributed by atoms with E-state index in [4.69, 9.17) is 14.6 Å². The van der Waals surface area contributed by atoms with E-state index in [-0.39, 0.29) is 75.3 Å². The lowest BCUT2D eigenvalue weighted by Gasteiger charge is -2.32. The Hall–Kier alpha value is -12.2. The molecule has 2 fully saturated rings. The molecule has 4 aliphatic heterocycles. The van der Waals surface area contributed by atoms with Crippen molar-refractivity contribution in [2.45, 2.75) is 259 Å². The van der Waals surface area contributed by atoms with Gasteiger partial charge in [-0.2, -0.15) is 10.4 Å². The summed E-state index contributed by atoms with van der Waals surface area (Å²) in [6.45, 7) is 19.6. The van der Waals surface area contributed by atoms with Crippen molar-refractivity contribution in [2.24, 2.45) is 23.7 Å². The number of carbonyl (C=O) groups is 15. The standard InChI is InChI=1S/C45H62N10O8.C39H56N10O10/c1-7-15-34(40(57)43(60)46-29(6)30-16-9-8-10-17-30)47-41(58)35-24-33(63-45(62)54-23-22-31-18-11-12-19-32(31)25-54)26-55(35)44(61)39(28(4)5)49-42(59)38(27(2)3)48-37(56)21-14-13-20-36-50-52-53-51-36;1-6-11-27(34(53)37(56)40-19-31(51)52)41-35(54)28-18-26(59-39(58)48-17-16-24-12-7-8-13-25(24)20-48)21-49(28)38(57)33(23(4)5)43-36(55)32(22(2)3)42-30(50)15-10-9-14-29-44-46-47-45-29/h8-12,16-19,27-29,33-35,38-39H,7,13-15,20-26H2,1-6H3,(H,46,60)(H,47,58)(H,48,56)(H,49,59)(H,50,51,52,53);7-8,12-13,22-23,26-28,32-33H,6,9-11,14-21H2,1-5H3,(H,40,56)(H,41,54)(H,42,50)(H,43,55)(H,51,52)(H,44,45,46,47)/t29-,33+,34?,35?,38+,39-;26-,27?,28?,32-,33+/m01/s1. The van der Waals surface area contributed by atoms with Crippen LogP contribution in [0.2, 0.25) is 0 Å². The van der Waals surface area contributed by atoms with Gasteiger partial charge in [-0.25, -0.2) is 9.59 Å².